The second-order valence-corrected chi connectivity index (χ2v) is 7.37. The quantitative estimate of drug-likeness (QED) is 0.739. The number of alkyl halides is 3. The predicted molar refractivity (Wildman–Crippen MR) is 102 cm³/mol. The Morgan fingerprint density at radius 2 is 1.75 bits per heavy atom. The van der Waals surface area contributed by atoms with Crippen molar-refractivity contribution in [1.82, 2.24) is 10.2 Å². The van der Waals surface area contributed by atoms with Crippen LogP contribution in [0.25, 0.3) is 0 Å². The molecule has 1 aromatic carbocycles. The van der Waals surface area contributed by atoms with E-state index in [1.807, 2.05) is 18.7 Å². The van der Waals surface area contributed by atoms with Crippen molar-refractivity contribution in [1.29, 1.82) is 0 Å². The third kappa shape index (κ3) is 6.40. The van der Waals surface area contributed by atoms with E-state index in [4.69, 9.17) is 0 Å². The van der Waals surface area contributed by atoms with Crippen molar-refractivity contribution in [2.75, 3.05) is 43.4 Å². The third-order valence-corrected chi connectivity index (χ3v) is 4.32. The Morgan fingerprint density at radius 3 is 2.32 bits per heavy atom. The maximum atomic E-state index is 13.1. The Hall–Kier alpha value is -2.29. The molecule has 2 amide bonds. The minimum absolute atomic E-state index is 0.0112. The van der Waals surface area contributed by atoms with E-state index < -0.39 is 17.6 Å². The standard InChI is InChI=1S/C19H27F3N4O2/c1-13(2)23-17(27)11-25(3)12-18(28)24-15-10-14(19(20,21)22)6-7-16(15)26-8-4-5-9-26/h6-7,10,13H,4-5,8-9,11-12H2,1-3H3,(H,23,27)(H,24,28). The Kier molecular flexibility index (Phi) is 7.29. The SMILES string of the molecule is CC(C)NC(=O)CN(C)CC(=O)Nc1cc(C(F)(F)F)ccc1N1CCCC1. The Bertz CT molecular complexity index is 701. The van der Waals surface area contributed by atoms with Crippen LogP contribution in [0, 0.1) is 0 Å². The normalized spacial score (nSPS) is 14.6. The molecule has 1 fully saturated rings. The molecule has 0 spiro atoms. The van der Waals surface area contributed by atoms with Gasteiger partial charge in [0, 0.05) is 19.1 Å². The summed E-state index contributed by atoms with van der Waals surface area (Å²) in [7, 11) is 1.60. The highest BCUT2D eigenvalue weighted by Gasteiger charge is 2.32. The topological polar surface area (TPSA) is 64.7 Å². The zero-order valence-electron chi connectivity index (χ0n) is 16.4. The van der Waals surface area contributed by atoms with Crippen LogP contribution in [0.5, 0.6) is 0 Å². The molecule has 0 unspecified atom stereocenters. The molecule has 1 saturated heterocycles. The summed E-state index contributed by atoms with van der Waals surface area (Å²) >= 11 is 0. The van der Waals surface area contributed by atoms with Crippen LogP contribution in [0.15, 0.2) is 18.2 Å². The van der Waals surface area contributed by atoms with E-state index in [1.165, 1.54) is 11.0 Å². The van der Waals surface area contributed by atoms with Crippen LogP contribution in [-0.4, -0.2) is 56.0 Å². The molecule has 1 aromatic rings. The lowest BCUT2D eigenvalue weighted by atomic mass is 10.1. The molecule has 0 radical (unpaired) electrons. The van der Waals surface area contributed by atoms with Gasteiger partial charge in [-0.15, -0.1) is 0 Å². The number of halogens is 3. The van der Waals surface area contributed by atoms with E-state index in [-0.39, 0.29) is 30.7 Å². The van der Waals surface area contributed by atoms with Gasteiger partial charge >= 0.3 is 6.18 Å². The number of amides is 2. The third-order valence-electron chi connectivity index (χ3n) is 4.32. The fourth-order valence-electron chi connectivity index (χ4n) is 3.15. The molecule has 1 aliphatic heterocycles. The molecule has 1 heterocycles. The average Bonchev–Trinajstić information content (AvgIpc) is 3.06. The molecule has 9 heteroatoms. The van der Waals surface area contributed by atoms with Gasteiger partial charge in [-0.3, -0.25) is 14.5 Å². The minimum Gasteiger partial charge on any atom is -0.370 e. The largest absolute Gasteiger partial charge is 0.416 e. The second kappa shape index (κ2) is 9.27. The van der Waals surface area contributed by atoms with Crippen LogP contribution >= 0.6 is 0 Å². The Balaban J connectivity index is 2.09. The van der Waals surface area contributed by atoms with Crippen molar-refractivity contribution in [2.24, 2.45) is 0 Å². The monoisotopic (exact) mass is 400 g/mol. The lowest BCUT2D eigenvalue weighted by Gasteiger charge is -2.23. The summed E-state index contributed by atoms with van der Waals surface area (Å²) in [4.78, 5) is 27.6. The first-order valence-corrected chi connectivity index (χ1v) is 9.30. The highest BCUT2D eigenvalue weighted by molar-refractivity contribution is 5.96. The van der Waals surface area contributed by atoms with E-state index in [1.54, 1.807) is 7.05 Å². The molecule has 28 heavy (non-hydrogen) atoms. The molecule has 2 rings (SSSR count). The molecule has 0 aromatic heterocycles. The van der Waals surface area contributed by atoms with E-state index in [9.17, 15) is 22.8 Å². The number of nitrogens with zero attached hydrogens (tertiary/aromatic N) is 2. The first kappa shape index (κ1) is 22.0. The van der Waals surface area contributed by atoms with Gasteiger partial charge in [0.25, 0.3) is 0 Å². The number of nitrogens with one attached hydrogen (secondary N) is 2. The molecule has 6 nitrogen and oxygen atoms in total. The molecule has 1 aliphatic rings. The number of carbonyl (C=O) groups is 2. The van der Waals surface area contributed by atoms with Crippen molar-refractivity contribution in [3.8, 4) is 0 Å². The van der Waals surface area contributed by atoms with Crippen LogP contribution in [0.4, 0.5) is 24.5 Å². The zero-order valence-corrected chi connectivity index (χ0v) is 16.4. The van der Waals surface area contributed by atoms with Gasteiger partial charge in [0.1, 0.15) is 0 Å². The lowest BCUT2D eigenvalue weighted by Crippen LogP contribution is -2.41. The van der Waals surface area contributed by atoms with E-state index >= 15 is 0 Å². The van der Waals surface area contributed by atoms with Crippen LogP contribution < -0.4 is 15.5 Å². The van der Waals surface area contributed by atoms with Crippen molar-refractivity contribution in [2.45, 2.75) is 38.9 Å². The summed E-state index contributed by atoms with van der Waals surface area (Å²) in [6.45, 7) is 5.05. The molecule has 0 aliphatic carbocycles. The Labute approximate surface area is 163 Å². The van der Waals surface area contributed by atoms with Crippen LogP contribution in [0.1, 0.15) is 32.3 Å². The lowest BCUT2D eigenvalue weighted by molar-refractivity contribution is -0.137. The van der Waals surface area contributed by atoms with Gasteiger partial charge in [0.15, 0.2) is 0 Å². The summed E-state index contributed by atoms with van der Waals surface area (Å²) < 4.78 is 39.3. The maximum Gasteiger partial charge on any atom is 0.416 e. The first-order valence-electron chi connectivity index (χ1n) is 9.30. The van der Waals surface area contributed by atoms with Gasteiger partial charge in [-0.1, -0.05) is 0 Å². The van der Waals surface area contributed by atoms with Crippen molar-refractivity contribution in [3.63, 3.8) is 0 Å². The van der Waals surface area contributed by atoms with Gasteiger partial charge in [0.05, 0.1) is 30.0 Å². The van der Waals surface area contributed by atoms with Crippen LogP contribution in [0.2, 0.25) is 0 Å². The summed E-state index contributed by atoms with van der Waals surface area (Å²) in [6.07, 6.45) is -2.57. The number of hydrogen-bond donors (Lipinski definition) is 2. The highest BCUT2D eigenvalue weighted by Crippen LogP contribution is 2.36. The van der Waals surface area contributed by atoms with E-state index in [0.717, 1.165) is 38.1 Å². The number of rotatable bonds is 7. The minimum atomic E-state index is -4.49. The second-order valence-electron chi connectivity index (χ2n) is 7.37. The van der Waals surface area contributed by atoms with Crippen LogP contribution in [0.3, 0.4) is 0 Å². The van der Waals surface area contributed by atoms with Gasteiger partial charge in [0.2, 0.25) is 11.8 Å². The average molecular weight is 400 g/mol. The smallest absolute Gasteiger partial charge is 0.370 e. The van der Waals surface area contributed by atoms with E-state index in [0.29, 0.717) is 5.69 Å². The highest BCUT2D eigenvalue weighted by atomic mass is 19.4. The van der Waals surface area contributed by atoms with E-state index in [2.05, 4.69) is 10.6 Å². The number of likely N-dealkylation sites (N-methyl/N-ethyl adjacent to an activating group) is 1. The number of anilines is 2. The summed E-state index contributed by atoms with van der Waals surface area (Å²) in [6, 6.07) is 3.40. The van der Waals surface area contributed by atoms with Crippen molar-refractivity contribution >= 4 is 23.2 Å². The molecule has 0 atom stereocenters. The summed E-state index contributed by atoms with van der Waals surface area (Å²) in [5, 5.41) is 5.31. The van der Waals surface area contributed by atoms with Crippen molar-refractivity contribution < 1.29 is 22.8 Å². The summed E-state index contributed by atoms with van der Waals surface area (Å²) in [5.41, 5.74) is -0.0868. The molecule has 0 bridgehead atoms. The van der Waals surface area contributed by atoms with Gasteiger partial charge in [-0.25, -0.2) is 0 Å². The molecule has 2 N–H and O–H groups in total. The molecular formula is C19H27F3N4O2. The first-order chi connectivity index (χ1) is 13.1. The molecule has 156 valence electrons. The molecular weight excluding hydrogens is 373 g/mol. The number of carbonyl (C=O) groups excluding carboxylic acids is 2. The fourth-order valence-corrected chi connectivity index (χ4v) is 3.15. The maximum absolute atomic E-state index is 13.1. The number of benzene rings is 1. The predicted octanol–water partition coefficient (Wildman–Crippen LogP) is 2.70. The number of hydrogen-bond acceptors (Lipinski definition) is 4. The van der Waals surface area contributed by atoms with Crippen LogP contribution in [-0.2, 0) is 15.8 Å². The molecule has 0 saturated carbocycles. The van der Waals surface area contributed by atoms with Gasteiger partial charge < -0.3 is 15.5 Å². The van der Waals surface area contributed by atoms with Gasteiger partial charge in [-0.2, -0.15) is 13.2 Å². The zero-order chi connectivity index (χ0) is 20.9. The fraction of sp³-hybridized carbons (Fsp3) is 0.579. The Morgan fingerprint density at radius 1 is 1.14 bits per heavy atom. The van der Waals surface area contributed by atoms with Crippen molar-refractivity contribution in [3.05, 3.63) is 23.8 Å². The van der Waals surface area contributed by atoms with Gasteiger partial charge in [-0.05, 0) is 51.9 Å². The summed E-state index contributed by atoms with van der Waals surface area (Å²) in [5.74, 6) is -0.693.